The highest BCUT2D eigenvalue weighted by atomic mass is 16.8. The van der Waals surface area contributed by atoms with Crippen LogP contribution >= 0.6 is 0 Å². The van der Waals surface area contributed by atoms with Gasteiger partial charge in [0.15, 0.2) is 12.2 Å². The van der Waals surface area contributed by atoms with Gasteiger partial charge in [-0.25, -0.2) is 0 Å². The van der Waals surface area contributed by atoms with E-state index in [1.54, 1.807) is 7.11 Å². The van der Waals surface area contributed by atoms with Gasteiger partial charge in [-0.05, 0) is 17.7 Å². The van der Waals surface area contributed by atoms with E-state index in [0.717, 1.165) is 5.56 Å². The molecule has 10 nitrogen and oxygen atoms in total. The first-order chi connectivity index (χ1) is 15.7. The molecule has 2 saturated heterocycles. The van der Waals surface area contributed by atoms with E-state index in [9.17, 15) is 14.4 Å². The molecule has 0 amide bonds. The highest BCUT2D eigenvalue weighted by molar-refractivity contribution is 5.68. The SMILES string of the molecule is COc1ccc([C@@H]2O[C@H]3CC(OC(C)=O)C(OC(C)=O)C(OC(C)=O)[C@]34OCC[C@H]2O4)cc1. The molecule has 180 valence electrons. The van der Waals surface area contributed by atoms with E-state index in [4.69, 9.17) is 33.2 Å². The van der Waals surface area contributed by atoms with Gasteiger partial charge in [-0.15, -0.1) is 0 Å². The monoisotopic (exact) mass is 464 g/mol. The third-order valence-corrected chi connectivity index (χ3v) is 6.03. The molecular formula is C23H28O10. The van der Waals surface area contributed by atoms with Gasteiger partial charge in [-0.3, -0.25) is 14.4 Å². The second-order valence-corrected chi connectivity index (χ2v) is 8.32. The molecule has 2 bridgehead atoms. The van der Waals surface area contributed by atoms with E-state index in [1.807, 2.05) is 24.3 Å². The third-order valence-electron chi connectivity index (χ3n) is 6.03. The van der Waals surface area contributed by atoms with Crippen LogP contribution in [0.3, 0.4) is 0 Å². The summed E-state index contributed by atoms with van der Waals surface area (Å²) in [5.74, 6) is -2.61. The molecule has 1 saturated carbocycles. The summed E-state index contributed by atoms with van der Waals surface area (Å²) in [6.07, 6.45) is -4.16. The molecule has 1 aromatic carbocycles. The zero-order chi connectivity index (χ0) is 23.8. The number of rotatable bonds is 5. The first-order valence-corrected chi connectivity index (χ1v) is 10.9. The lowest BCUT2D eigenvalue weighted by atomic mass is 9.80. The Hall–Kier alpha value is -2.69. The number of carbonyl (C=O) groups is 3. The minimum absolute atomic E-state index is 0.120. The molecule has 3 fully saturated rings. The zero-order valence-electron chi connectivity index (χ0n) is 19.0. The van der Waals surface area contributed by atoms with Crippen LogP contribution in [0.1, 0.15) is 45.3 Å². The van der Waals surface area contributed by atoms with Gasteiger partial charge in [0.05, 0.1) is 19.8 Å². The third kappa shape index (κ3) is 4.55. The Labute approximate surface area is 191 Å². The lowest BCUT2D eigenvalue weighted by Crippen LogP contribution is -2.74. The van der Waals surface area contributed by atoms with Gasteiger partial charge in [-0.1, -0.05) is 12.1 Å². The van der Waals surface area contributed by atoms with Crippen LogP contribution < -0.4 is 4.74 Å². The number of carbonyl (C=O) groups excluding carboxylic acids is 3. The Morgan fingerprint density at radius 3 is 2.24 bits per heavy atom. The van der Waals surface area contributed by atoms with Crippen molar-refractivity contribution in [3.05, 3.63) is 29.8 Å². The smallest absolute Gasteiger partial charge is 0.303 e. The molecule has 0 N–H and O–H groups in total. The quantitative estimate of drug-likeness (QED) is 0.472. The molecule has 33 heavy (non-hydrogen) atoms. The van der Waals surface area contributed by atoms with Gasteiger partial charge < -0.3 is 33.2 Å². The van der Waals surface area contributed by atoms with E-state index in [2.05, 4.69) is 0 Å². The normalized spacial score (nSPS) is 35.0. The van der Waals surface area contributed by atoms with Crippen LogP contribution in [-0.2, 0) is 42.8 Å². The fraction of sp³-hybridized carbons (Fsp3) is 0.609. The minimum Gasteiger partial charge on any atom is -0.497 e. The summed E-state index contributed by atoms with van der Waals surface area (Å²) in [4.78, 5) is 35.7. The van der Waals surface area contributed by atoms with Crippen molar-refractivity contribution in [2.24, 2.45) is 0 Å². The summed E-state index contributed by atoms with van der Waals surface area (Å²) in [7, 11) is 1.59. The average molecular weight is 464 g/mol. The van der Waals surface area contributed by atoms with Crippen molar-refractivity contribution in [1.29, 1.82) is 0 Å². The van der Waals surface area contributed by atoms with Crippen LogP contribution in [-0.4, -0.2) is 67.9 Å². The van der Waals surface area contributed by atoms with Crippen molar-refractivity contribution in [3.63, 3.8) is 0 Å². The molecule has 0 aromatic heterocycles. The summed E-state index contributed by atoms with van der Waals surface area (Å²) in [6, 6.07) is 7.46. The van der Waals surface area contributed by atoms with Crippen LogP contribution in [0, 0.1) is 0 Å². The van der Waals surface area contributed by atoms with Gasteiger partial charge in [0.2, 0.25) is 5.79 Å². The van der Waals surface area contributed by atoms with Gasteiger partial charge in [0, 0.05) is 33.6 Å². The minimum atomic E-state index is -1.51. The van der Waals surface area contributed by atoms with E-state index < -0.39 is 60.3 Å². The highest BCUT2D eigenvalue weighted by Gasteiger charge is 2.67. The Kier molecular flexibility index (Phi) is 6.60. The maximum atomic E-state index is 12.0. The molecule has 2 heterocycles. The molecule has 0 radical (unpaired) electrons. The lowest BCUT2D eigenvalue weighted by Gasteiger charge is -2.58. The fourth-order valence-electron chi connectivity index (χ4n) is 4.80. The summed E-state index contributed by atoms with van der Waals surface area (Å²) in [5, 5.41) is 0. The van der Waals surface area contributed by atoms with Crippen molar-refractivity contribution in [2.75, 3.05) is 13.7 Å². The maximum Gasteiger partial charge on any atom is 0.303 e. The molecule has 1 aromatic rings. The number of esters is 3. The maximum absolute atomic E-state index is 12.0. The zero-order valence-corrected chi connectivity index (χ0v) is 19.0. The molecular weight excluding hydrogens is 436 g/mol. The van der Waals surface area contributed by atoms with E-state index in [-0.39, 0.29) is 6.42 Å². The molecule has 1 spiro atoms. The molecule has 10 heteroatoms. The Balaban J connectivity index is 1.71. The van der Waals surface area contributed by atoms with E-state index >= 15 is 0 Å². The topological polar surface area (TPSA) is 116 Å². The van der Waals surface area contributed by atoms with Crippen molar-refractivity contribution in [2.45, 2.75) is 76.0 Å². The van der Waals surface area contributed by atoms with Crippen LogP contribution in [0.25, 0.3) is 0 Å². The van der Waals surface area contributed by atoms with Crippen molar-refractivity contribution in [1.82, 2.24) is 0 Å². The van der Waals surface area contributed by atoms with E-state index in [0.29, 0.717) is 18.8 Å². The molecule has 3 aliphatic rings. The molecule has 7 atom stereocenters. The van der Waals surface area contributed by atoms with Gasteiger partial charge in [0.1, 0.15) is 24.1 Å². The summed E-state index contributed by atoms with van der Waals surface area (Å²) < 4.78 is 40.7. The Bertz CT molecular complexity index is 899. The number of hydrogen-bond donors (Lipinski definition) is 0. The van der Waals surface area contributed by atoms with Gasteiger partial charge in [0.25, 0.3) is 0 Å². The largest absolute Gasteiger partial charge is 0.497 e. The van der Waals surface area contributed by atoms with Crippen molar-refractivity contribution < 1.29 is 47.5 Å². The summed E-state index contributed by atoms with van der Waals surface area (Å²) in [5.41, 5.74) is 0.881. The Morgan fingerprint density at radius 2 is 1.64 bits per heavy atom. The number of fused-ring (bicyclic) bond motifs is 1. The summed E-state index contributed by atoms with van der Waals surface area (Å²) in [6.45, 7) is 4.03. The van der Waals surface area contributed by atoms with Crippen LogP contribution in [0.5, 0.6) is 5.75 Å². The predicted molar refractivity (Wildman–Crippen MR) is 110 cm³/mol. The van der Waals surface area contributed by atoms with Gasteiger partial charge >= 0.3 is 17.9 Å². The molecule has 1 aliphatic carbocycles. The average Bonchev–Trinajstić information content (AvgIpc) is 2.76. The van der Waals surface area contributed by atoms with Crippen LogP contribution in [0.4, 0.5) is 0 Å². The first-order valence-electron chi connectivity index (χ1n) is 10.9. The standard InChI is InChI=1S/C23H28O10/c1-12(24)29-18-11-19-23(22(31-14(3)26)21(18)30-13(2)25)28-10-9-17(33-23)20(32-19)15-5-7-16(27-4)8-6-15/h5-8,17-22H,9-11H2,1-4H3/t17-,18?,19+,20+,21?,22?,23+/m1/s1. The second kappa shape index (κ2) is 9.28. The number of ether oxygens (including phenoxy) is 7. The number of benzene rings is 1. The second-order valence-electron chi connectivity index (χ2n) is 8.32. The van der Waals surface area contributed by atoms with E-state index in [1.165, 1.54) is 20.8 Å². The lowest BCUT2D eigenvalue weighted by molar-refractivity contribution is -0.438. The fourth-order valence-corrected chi connectivity index (χ4v) is 4.80. The highest BCUT2D eigenvalue weighted by Crippen LogP contribution is 2.50. The molecule has 3 unspecified atom stereocenters. The molecule has 4 rings (SSSR count). The summed E-state index contributed by atoms with van der Waals surface area (Å²) >= 11 is 0. The van der Waals surface area contributed by atoms with Crippen molar-refractivity contribution >= 4 is 17.9 Å². The molecule has 2 aliphatic heterocycles. The van der Waals surface area contributed by atoms with Crippen molar-refractivity contribution in [3.8, 4) is 5.75 Å². The van der Waals surface area contributed by atoms with Gasteiger partial charge in [-0.2, -0.15) is 0 Å². The Morgan fingerprint density at radius 1 is 0.970 bits per heavy atom. The van der Waals surface area contributed by atoms with Crippen LogP contribution in [0.15, 0.2) is 24.3 Å². The number of methoxy groups -OCH3 is 1. The predicted octanol–water partition coefficient (Wildman–Crippen LogP) is 1.84. The van der Waals surface area contributed by atoms with Crippen LogP contribution in [0.2, 0.25) is 0 Å². The first kappa shape index (κ1) is 23.5. The number of hydrogen-bond acceptors (Lipinski definition) is 10.